The van der Waals surface area contributed by atoms with Crippen molar-refractivity contribution in [2.45, 2.75) is 20.4 Å². The molecule has 0 aromatic carbocycles. The molecule has 0 N–H and O–H groups in total. The zero-order chi connectivity index (χ0) is 15.0. The standard InChI is InChI=1S/C15H13N3O2S/c1-9-12-14(21-13(9)10(2)19)17-8-18(15(12)20)7-11-4-3-5-16-6-11/h3-6,8H,7H2,1-2H3. The molecule has 0 amide bonds. The molecule has 0 fully saturated rings. The maximum atomic E-state index is 12.6. The van der Waals surface area contributed by atoms with Crippen LogP contribution in [0.3, 0.4) is 0 Å². The van der Waals surface area contributed by atoms with Crippen LogP contribution in [-0.4, -0.2) is 20.3 Å². The van der Waals surface area contributed by atoms with Crippen LogP contribution in [0.15, 0.2) is 35.6 Å². The van der Waals surface area contributed by atoms with Crippen molar-refractivity contribution >= 4 is 27.3 Å². The van der Waals surface area contributed by atoms with E-state index >= 15 is 0 Å². The number of nitrogens with zero attached hydrogens (tertiary/aromatic N) is 3. The first kappa shape index (κ1) is 13.6. The molecule has 21 heavy (non-hydrogen) atoms. The lowest BCUT2D eigenvalue weighted by Gasteiger charge is -2.05. The van der Waals surface area contributed by atoms with Gasteiger partial charge < -0.3 is 0 Å². The lowest BCUT2D eigenvalue weighted by Crippen LogP contribution is -2.21. The monoisotopic (exact) mass is 299 g/mol. The van der Waals surface area contributed by atoms with E-state index in [9.17, 15) is 9.59 Å². The van der Waals surface area contributed by atoms with Gasteiger partial charge in [0.05, 0.1) is 23.1 Å². The van der Waals surface area contributed by atoms with Gasteiger partial charge in [0.2, 0.25) is 0 Å². The minimum atomic E-state index is -0.120. The predicted molar refractivity (Wildman–Crippen MR) is 82.0 cm³/mol. The van der Waals surface area contributed by atoms with E-state index in [1.807, 2.05) is 12.1 Å². The molecule has 5 nitrogen and oxygen atoms in total. The molecule has 106 valence electrons. The third-order valence-electron chi connectivity index (χ3n) is 3.31. The highest BCUT2D eigenvalue weighted by atomic mass is 32.1. The summed E-state index contributed by atoms with van der Waals surface area (Å²) < 4.78 is 1.54. The number of Topliss-reactive ketones (excluding diaryl/α,β-unsaturated/α-hetero) is 1. The third-order valence-corrected chi connectivity index (χ3v) is 4.61. The normalized spacial score (nSPS) is 11.0. The van der Waals surface area contributed by atoms with E-state index in [1.165, 1.54) is 24.6 Å². The number of aryl methyl sites for hydroxylation is 1. The third kappa shape index (κ3) is 2.38. The van der Waals surface area contributed by atoms with Crippen molar-refractivity contribution in [3.63, 3.8) is 0 Å². The highest BCUT2D eigenvalue weighted by molar-refractivity contribution is 7.20. The molecule has 6 heteroatoms. The van der Waals surface area contributed by atoms with Crippen molar-refractivity contribution in [3.05, 3.63) is 57.2 Å². The van der Waals surface area contributed by atoms with Gasteiger partial charge in [0.15, 0.2) is 5.78 Å². The Hall–Kier alpha value is -2.34. The van der Waals surface area contributed by atoms with Gasteiger partial charge in [-0.15, -0.1) is 11.3 Å². The molecule has 3 heterocycles. The van der Waals surface area contributed by atoms with Crippen LogP contribution in [0.1, 0.15) is 27.7 Å². The molecule has 0 aliphatic rings. The van der Waals surface area contributed by atoms with Gasteiger partial charge in [-0.25, -0.2) is 4.98 Å². The lowest BCUT2D eigenvalue weighted by atomic mass is 10.2. The van der Waals surface area contributed by atoms with E-state index < -0.39 is 0 Å². The maximum absolute atomic E-state index is 12.6. The van der Waals surface area contributed by atoms with E-state index in [4.69, 9.17) is 0 Å². The fourth-order valence-electron chi connectivity index (χ4n) is 2.30. The zero-order valence-corrected chi connectivity index (χ0v) is 12.5. The van der Waals surface area contributed by atoms with E-state index in [2.05, 4.69) is 9.97 Å². The van der Waals surface area contributed by atoms with Crippen molar-refractivity contribution < 1.29 is 4.79 Å². The average Bonchev–Trinajstić information content (AvgIpc) is 2.81. The number of ketones is 1. The molecule has 3 aromatic rings. The SMILES string of the molecule is CC(=O)c1sc2ncn(Cc3cccnc3)c(=O)c2c1C. The number of fused-ring (bicyclic) bond motifs is 1. The van der Waals surface area contributed by atoms with E-state index in [0.717, 1.165) is 11.1 Å². The van der Waals surface area contributed by atoms with E-state index in [1.54, 1.807) is 23.9 Å². The summed E-state index contributed by atoms with van der Waals surface area (Å²) in [7, 11) is 0. The summed E-state index contributed by atoms with van der Waals surface area (Å²) in [4.78, 5) is 33.7. The number of carbonyl (C=O) groups is 1. The van der Waals surface area contributed by atoms with Gasteiger partial charge in [-0.3, -0.25) is 19.1 Å². The molecule has 0 unspecified atom stereocenters. The van der Waals surface area contributed by atoms with E-state index in [0.29, 0.717) is 21.6 Å². The summed E-state index contributed by atoms with van der Waals surface area (Å²) in [5.41, 5.74) is 1.53. The van der Waals surface area contributed by atoms with E-state index in [-0.39, 0.29) is 11.3 Å². The molecule has 0 aliphatic carbocycles. The molecule has 0 spiro atoms. The Morgan fingerprint density at radius 3 is 2.90 bits per heavy atom. The second-order valence-electron chi connectivity index (χ2n) is 4.83. The fourth-order valence-corrected chi connectivity index (χ4v) is 3.33. The summed E-state index contributed by atoms with van der Waals surface area (Å²) in [5.74, 6) is -0.0336. The number of carbonyl (C=O) groups excluding carboxylic acids is 1. The van der Waals surface area contributed by atoms with Crippen LogP contribution in [0.5, 0.6) is 0 Å². The minimum absolute atomic E-state index is 0.0336. The molecular weight excluding hydrogens is 286 g/mol. The van der Waals surface area contributed by atoms with Crippen molar-refractivity contribution in [3.8, 4) is 0 Å². The quantitative estimate of drug-likeness (QED) is 0.697. The first-order valence-electron chi connectivity index (χ1n) is 6.46. The molecule has 0 saturated heterocycles. The lowest BCUT2D eigenvalue weighted by molar-refractivity contribution is 0.102. The zero-order valence-electron chi connectivity index (χ0n) is 11.7. The number of pyridine rings is 1. The second kappa shape index (κ2) is 5.21. The minimum Gasteiger partial charge on any atom is -0.294 e. The molecule has 0 radical (unpaired) electrons. The Kier molecular flexibility index (Phi) is 3.39. The van der Waals surface area contributed by atoms with Crippen LogP contribution < -0.4 is 5.56 Å². The van der Waals surface area contributed by atoms with Gasteiger partial charge >= 0.3 is 0 Å². The van der Waals surface area contributed by atoms with Gasteiger partial charge in [-0.2, -0.15) is 0 Å². The van der Waals surface area contributed by atoms with Gasteiger partial charge in [0.25, 0.3) is 5.56 Å². The van der Waals surface area contributed by atoms with Crippen molar-refractivity contribution in [2.75, 3.05) is 0 Å². The highest BCUT2D eigenvalue weighted by Gasteiger charge is 2.16. The summed E-state index contributed by atoms with van der Waals surface area (Å²) in [6.45, 7) is 3.72. The fraction of sp³-hybridized carbons (Fsp3) is 0.200. The summed E-state index contributed by atoms with van der Waals surface area (Å²) in [6.07, 6.45) is 4.94. The maximum Gasteiger partial charge on any atom is 0.262 e. The first-order chi connectivity index (χ1) is 10.1. The molecule has 0 atom stereocenters. The Morgan fingerprint density at radius 2 is 2.24 bits per heavy atom. The van der Waals surface area contributed by atoms with Gasteiger partial charge in [0, 0.05) is 12.4 Å². The van der Waals surface area contributed by atoms with Crippen LogP contribution >= 0.6 is 11.3 Å². The topological polar surface area (TPSA) is 64.8 Å². The van der Waals surface area contributed by atoms with Crippen molar-refractivity contribution in [1.29, 1.82) is 0 Å². The summed E-state index contributed by atoms with van der Waals surface area (Å²) in [5, 5.41) is 0.539. The number of hydrogen-bond donors (Lipinski definition) is 0. The highest BCUT2D eigenvalue weighted by Crippen LogP contribution is 2.26. The number of thiophene rings is 1. The second-order valence-corrected chi connectivity index (χ2v) is 5.83. The average molecular weight is 299 g/mol. The molecule has 3 aromatic heterocycles. The van der Waals surface area contributed by atoms with Crippen LogP contribution in [0.4, 0.5) is 0 Å². The number of rotatable bonds is 3. The number of hydrogen-bond acceptors (Lipinski definition) is 5. The molecule has 3 rings (SSSR count). The van der Waals surface area contributed by atoms with Crippen LogP contribution in [0, 0.1) is 6.92 Å². The largest absolute Gasteiger partial charge is 0.294 e. The van der Waals surface area contributed by atoms with Crippen LogP contribution in [-0.2, 0) is 6.54 Å². The summed E-state index contributed by atoms with van der Waals surface area (Å²) in [6, 6.07) is 3.74. The van der Waals surface area contributed by atoms with Crippen molar-refractivity contribution in [2.24, 2.45) is 0 Å². The predicted octanol–water partition coefficient (Wildman–Crippen LogP) is 2.41. The van der Waals surface area contributed by atoms with Gasteiger partial charge in [-0.05, 0) is 31.0 Å². The number of aromatic nitrogens is 3. The van der Waals surface area contributed by atoms with Crippen LogP contribution in [0.25, 0.3) is 10.2 Å². The first-order valence-corrected chi connectivity index (χ1v) is 7.28. The Labute approximate surface area is 124 Å². The van der Waals surface area contributed by atoms with Crippen molar-refractivity contribution in [1.82, 2.24) is 14.5 Å². The van der Waals surface area contributed by atoms with Crippen LogP contribution in [0.2, 0.25) is 0 Å². The van der Waals surface area contributed by atoms with Gasteiger partial charge in [-0.1, -0.05) is 6.07 Å². The Balaban J connectivity index is 2.14. The Morgan fingerprint density at radius 1 is 1.43 bits per heavy atom. The van der Waals surface area contributed by atoms with Gasteiger partial charge in [0.1, 0.15) is 4.83 Å². The molecule has 0 bridgehead atoms. The Bertz CT molecular complexity index is 881. The molecule has 0 saturated carbocycles. The molecule has 0 aliphatic heterocycles. The smallest absolute Gasteiger partial charge is 0.262 e. The molecular formula is C15H13N3O2S. The summed E-state index contributed by atoms with van der Waals surface area (Å²) >= 11 is 1.27.